The highest BCUT2D eigenvalue weighted by Crippen LogP contribution is 2.31. The number of halogens is 4. The second kappa shape index (κ2) is 4.49. The first-order valence-corrected chi connectivity index (χ1v) is 5.23. The van der Waals surface area contributed by atoms with Gasteiger partial charge in [0.05, 0.1) is 5.56 Å². The predicted octanol–water partition coefficient (Wildman–Crippen LogP) is 4.34. The summed E-state index contributed by atoms with van der Waals surface area (Å²) in [4.78, 5) is 10.8. The van der Waals surface area contributed by atoms with Crippen LogP contribution >= 0.6 is 11.6 Å². The van der Waals surface area contributed by atoms with Gasteiger partial charge in [0.1, 0.15) is 5.76 Å². The second-order valence-electron chi connectivity index (χ2n) is 3.51. The Hall–Kier alpha value is -1.75. The first kappa shape index (κ1) is 12.7. The molecule has 0 bridgehead atoms. The van der Waals surface area contributed by atoms with Gasteiger partial charge in [0.25, 0.3) is 5.24 Å². The van der Waals surface area contributed by atoms with Gasteiger partial charge in [-0.25, -0.2) is 0 Å². The van der Waals surface area contributed by atoms with Crippen LogP contribution in [0.3, 0.4) is 0 Å². The van der Waals surface area contributed by atoms with E-state index in [1.54, 1.807) is 0 Å². The van der Waals surface area contributed by atoms with E-state index in [9.17, 15) is 18.0 Å². The molecule has 94 valence electrons. The third-order valence-electron chi connectivity index (χ3n) is 2.30. The molecule has 0 N–H and O–H groups in total. The molecule has 0 amide bonds. The molecule has 2 rings (SSSR count). The summed E-state index contributed by atoms with van der Waals surface area (Å²) in [6.45, 7) is 0. The van der Waals surface area contributed by atoms with Crippen molar-refractivity contribution in [2.75, 3.05) is 0 Å². The number of benzene rings is 1. The summed E-state index contributed by atoms with van der Waals surface area (Å²) in [5.74, 6) is 0.235. The van der Waals surface area contributed by atoms with Crippen molar-refractivity contribution in [3.8, 4) is 11.3 Å². The third-order valence-corrected chi connectivity index (χ3v) is 2.48. The van der Waals surface area contributed by atoms with Gasteiger partial charge < -0.3 is 4.42 Å². The van der Waals surface area contributed by atoms with Crippen LogP contribution in [0.2, 0.25) is 0 Å². The van der Waals surface area contributed by atoms with Crippen LogP contribution in [0, 0.1) is 0 Å². The Morgan fingerprint density at radius 3 is 2.11 bits per heavy atom. The number of carbonyl (C=O) groups is 1. The molecule has 0 saturated heterocycles. The van der Waals surface area contributed by atoms with Gasteiger partial charge in [0.2, 0.25) is 0 Å². The summed E-state index contributed by atoms with van der Waals surface area (Å²) in [6, 6.07) is 7.26. The number of hydrogen-bond donors (Lipinski definition) is 0. The monoisotopic (exact) mass is 274 g/mol. The Morgan fingerprint density at radius 2 is 1.67 bits per heavy atom. The molecule has 1 aromatic carbocycles. The second-order valence-corrected chi connectivity index (χ2v) is 3.86. The number of hydrogen-bond acceptors (Lipinski definition) is 2. The molecule has 0 unspecified atom stereocenters. The molecule has 0 aliphatic carbocycles. The molecule has 1 aromatic heterocycles. The van der Waals surface area contributed by atoms with Crippen LogP contribution in [0.5, 0.6) is 0 Å². The molecule has 0 radical (unpaired) electrons. The maximum Gasteiger partial charge on any atom is 0.416 e. The van der Waals surface area contributed by atoms with E-state index >= 15 is 0 Å². The Kier molecular flexibility index (Phi) is 3.17. The Bertz CT molecular complexity index is 570. The van der Waals surface area contributed by atoms with Gasteiger partial charge in [-0.05, 0) is 35.9 Å². The van der Waals surface area contributed by atoms with Crippen molar-refractivity contribution in [3.05, 3.63) is 47.7 Å². The molecule has 2 aromatic rings. The van der Waals surface area contributed by atoms with Crippen LogP contribution < -0.4 is 0 Å². The largest absolute Gasteiger partial charge is 0.452 e. The normalized spacial score (nSPS) is 11.6. The van der Waals surface area contributed by atoms with Crippen LogP contribution in [0.15, 0.2) is 40.8 Å². The van der Waals surface area contributed by atoms with Gasteiger partial charge in [0.15, 0.2) is 5.76 Å². The molecule has 0 aliphatic rings. The summed E-state index contributed by atoms with van der Waals surface area (Å²) < 4.78 is 42.1. The Morgan fingerprint density at radius 1 is 1.06 bits per heavy atom. The van der Waals surface area contributed by atoms with Crippen LogP contribution in [-0.4, -0.2) is 5.24 Å². The van der Waals surface area contributed by atoms with E-state index in [4.69, 9.17) is 16.0 Å². The van der Waals surface area contributed by atoms with E-state index < -0.39 is 17.0 Å². The van der Waals surface area contributed by atoms with Crippen molar-refractivity contribution in [2.24, 2.45) is 0 Å². The molecule has 0 fully saturated rings. The van der Waals surface area contributed by atoms with Crippen molar-refractivity contribution in [2.45, 2.75) is 6.18 Å². The summed E-state index contributed by atoms with van der Waals surface area (Å²) >= 11 is 5.21. The van der Waals surface area contributed by atoms with Crippen molar-refractivity contribution in [1.82, 2.24) is 0 Å². The molecule has 0 atom stereocenters. The highest BCUT2D eigenvalue weighted by molar-refractivity contribution is 6.67. The smallest absolute Gasteiger partial charge is 0.416 e. The fourth-order valence-electron chi connectivity index (χ4n) is 1.42. The first-order valence-electron chi connectivity index (χ1n) is 4.85. The summed E-state index contributed by atoms with van der Waals surface area (Å²) in [5, 5.41) is -0.756. The van der Waals surface area contributed by atoms with Gasteiger partial charge in [-0.2, -0.15) is 13.2 Å². The van der Waals surface area contributed by atoms with Crippen molar-refractivity contribution in [1.29, 1.82) is 0 Å². The summed E-state index contributed by atoms with van der Waals surface area (Å²) in [7, 11) is 0. The van der Waals surface area contributed by atoms with E-state index in [1.165, 1.54) is 24.3 Å². The lowest BCUT2D eigenvalue weighted by molar-refractivity contribution is -0.137. The summed E-state index contributed by atoms with van der Waals surface area (Å²) in [5.41, 5.74) is -0.307. The van der Waals surface area contributed by atoms with Crippen LogP contribution in [0.1, 0.15) is 16.1 Å². The molecule has 2 nitrogen and oxygen atoms in total. The maximum absolute atomic E-state index is 12.3. The van der Waals surface area contributed by atoms with Gasteiger partial charge in [-0.1, -0.05) is 12.1 Å². The van der Waals surface area contributed by atoms with E-state index in [0.717, 1.165) is 12.1 Å². The van der Waals surface area contributed by atoms with E-state index in [-0.39, 0.29) is 11.5 Å². The summed E-state index contributed by atoms with van der Waals surface area (Å²) in [6.07, 6.45) is -4.38. The van der Waals surface area contributed by atoms with Crippen LogP contribution in [-0.2, 0) is 6.18 Å². The SMILES string of the molecule is O=C(Cl)c1ccc(-c2ccc(C(F)(F)F)cc2)o1. The number of carbonyl (C=O) groups excluding carboxylic acids is 1. The van der Waals surface area contributed by atoms with Crippen molar-refractivity contribution >= 4 is 16.8 Å². The lowest BCUT2D eigenvalue weighted by atomic mass is 10.1. The van der Waals surface area contributed by atoms with Crippen molar-refractivity contribution in [3.63, 3.8) is 0 Å². The molecule has 18 heavy (non-hydrogen) atoms. The highest BCUT2D eigenvalue weighted by Gasteiger charge is 2.30. The fourth-order valence-corrected chi connectivity index (χ4v) is 1.52. The molecule has 0 spiro atoms. The average Bonchev–Trinajstić information content (AvgIpc) is 2.77. The minimum Gasteiger partial charge on any atom is -0.452 e. The van der Waals surface area contributed by atoms with Gasteiger partial charge >= 0.3 is 6.18 Å². The lowest BCUT2D eigenvalue weighted by Crippen LogP contribution is -2.03. The number of alkyl halides is 3. The average molecular weight is 275 g/mol. The standard InChI is InChI=1S/C12H6ClF3O2/c13-11(17)10-6-5-9(18-10)7-1-3-8(4-2-7)12(14,15)16/h1-6H. The minimum absolute atomic E-state index is 0.0495. The molecule has 0 saturated carbocycles. The van der Waals surface area contributed by atoms with Gasteiger partial charge in [-0.15, -0.1) is 0 Å². The zero-order valence-electron chi connectivity index (χ0n) is 8.79. The number of rotatable bonds is 2. The Balaban J connectivity index is 2.31. The molecule has 6 heteroatoms. The zero-order valence-corrected chi connectivity index (χ0v) is 9.55. The highest BCUT2D eigenvalue weighted by atomic mass is 35.5. The molecule has 0 aliphatic heterocycles. The van der Waals surface area contributed by atoms with Crippen LogP contribution in [0.25, 0.3) is 11.3 Å². The molecular formula is C12H6ClF3O2. The van der Waals surface area contributed by atoms with Crippen molar-refractivity contribution < 1.29 is 22.4 Å². The quantitative estimate of drug-likeness (QED) is 0.762. The van der Waals surface area contributed by atoms with E-state index in [0.29, 0.717) is 5.56 Å². The lowest BCUT2D eigenvalue weighted by Gasteiger charge is -2.06. The van der Waals surface area contributed by atoms with E-state index in [1.807, 2.05) is 0 Å². The third kappa shape index (κ3) is 2.56. The molecule has 1 heterocycles. The topological polar surface area (TPSA) is 30.2 Å². The van der Waals surface area contributed by atoms with E-state index in [2.05, 4.69) is 0 Å². The Labute approximate surface area is 105 Å². The zero-order chi connectivity index (χ0) is 13.3. The maximum atomic E-state index is 12.3. The predicted molar refractivity (Wildman–Crippen MR) is 59.3 cm³/mol. The van der Waals surface area contributed by atoms with Gasteiger partial charge in [0, 0.05) is 5.56 Å². The minimum atomic E-state index is -4.38. The first-order chi connectivity index (χ1) is 8.38. The fraction of sp³-hybridized carbons (Fsp3) is 0.0833. The van der Waals surface area contributed by atoms with Crippen LogP contribution in [0.4, 0.5) is 13.2 Å². The number of furan rings is 1. The molecular weight excluding hydrogens is 269 g/mol. The van der Waals surface area contributed by atoms with Gasteiger partial charge in [-0.3, -0.25) is 4.79 Å².